The molecule has 1 heterocycles. The van der Waals surface area contributed by atoms with Crippen LogP contribution in [0, 0.1) is 12.8 Å². The Balaban J connectivity index is 2.12. The lowest BCUT2D eigenvalue weighted by molar-refractivity contribution is -0.168. The van der Waals surface area contributed by atoms with Gasteiger partial charge in [0.25, 0.3) is 0 Å². The number of benzene rings is 1. The molecule has 0 aromatic heterocycles. The van der Waals surface area contributed by atoms with Crippen LogP contribution in [-0.2, 0) is 10.2 Å². The number of aliphatic hydroxyl groups is 1. The Bertz CT molecular complexity index is 844. The van der Waals surface area contributed by atoms with Gasteiger partial charge in [0.1, 0.15) is 5.75 Å². The number of carbonyl (C=O) groups is 2. The van der Waals surface area contributed by atoms with Crippen LogP contribution >= 0.6 is 0 Å². The molecule has 7 heteroatoms. The van der Waals surface area contributed by atoms with Crippen molar-refractivity contribution in [3.8, 4) is 5.75 Å². The number of nitrogens with two attached hydrogens (primary N) is 1. The highest BCUT2D eigenvalue weighted by Gasteiger charge is 2.61. The smallest absolute Gasteiger partial charge is 0.321 e. The van der Waals surface area contributed by atoms with Gasteiger partial charge in [-0.05, 0) is 82.8 Å². The van der Waals surface area contributed by atoms with Gasteiger partial charge in [0.2, 0.25) is 5.91 Å². The van der Waals surface area contributed by atoms with Crippen LogP contribution in [-0.4, -0.2) is 65.2 Å². The molecule has 172 valence electrons. The Morgan fingerprint density at radius 1 is 1.32 bits per heavy atom. The lowest BCUT2D eigenvalue weighted by Crippen LogP contribution is -2.70. The average Bonchev–Trinajstić information content (AvgIpc) is 2.75. The highest BCUT2D eigenvalue weighted by molar-refractivity contribution is 5.95. The topological polar surface area (TPSA) is 96.1 Å². The number of likely N-dealkylation sites (N-methyl/N-ethyl adjacent to an activating group) is 1. The van der Waals surface area contributed by atoms with E-state index in [0.717, 1.165) is 41.3 Å². The number of piperidine rings is 1. The second-order valence-electron chi connectivity index (χ2n) is 9.10. The molecular formula is C24H37N3O4. The molecule has 1 aliphatic heterocycles. The Morgan fingerprint density at radius 2 is 2.03 bits per heavy atom. The van der Waals surface area contributed by atoms with Crippen LogP contribution < -0.4 is 10.5 Å². The maximum atomic E-state index is 13.2. The molecule has 31 heavy (non-hydrogen) atoms. The fourth-order valence-electron chi connectivity index (χ4n) is 6.10. The first-order valence-electron chi connectivity index (χ1n) is 11.4. The Kier molecular flexibility index (Phi) is 6.67. The minimum atomic E-state index is -0.987. The summed E-state index contributed by atoms with van der Waals surface area (Å²) in [6, 6.07) is 5.21. The number of amides is 3. The number of hydrogen-bond donors (Lipinski definition) is 2. The molecule has 4 unspecified atom stereocenters. The normalized spacial score (nSPS) is 31.0. The average molecular weight is 432 g/mol. The van der Waals surface area contributed by atoms with Crippen LogP contribution in [0.3, 0.4) is 0 Å². The van der Waals surface area contributed by atoms with Crippen molar-refractivity contribution in [1.82, 2.24) is 9.80 Å². The predicted octanol–water partition coefficient (Wildman–Crippen LogP) is 2.81. The minimum absolute atomic E-state index is 0.0497. The molecule has 1 saturated heterocycles. The summed E-state index contributed by atoms with van der Waals surface area (Å²) in [6.45, 7) is 9.97. The van der Waals surface area contributed by atoms with Crippen molar-refractivity contribution >= 4 is 11.9 Å². The van der Waals surface area contributed by atoms with E-state index in [2.05, 4.69) is 18.7 Å². The molecule has 3 rings (SSSR count). The highest BCUT2D eigenvalue weighted by Crippen LogP contribution is 2.56. The molecule has 3 amide bonds. The first-order valence-corrected chi connectivity index (χ1v) is 11.4. The van der Waals surface area contributed by atoms with Gasteiger partial charge >= 0.3 is 6.03 Å². The van der Waals surface area contributed by atoms with Crippen LogP contribution in [0.5, 0.6) is 5.75 Å². The number of fused-ring (bicyclic) bond motifs is 1. The van der Waals surface area contributed by atoms with Gasteiger partial charge in [-0.2, -0.15) is 0 Å². The number of urea groups is 1. The second-order valence-corrected chi connectivity index (χ2v) is 9.10. The van der Waals surface area contributed by atoms with Crippen LogP contribution in [0.2, 0.25) is 0 Å². The molecule has 2 aliphatic rings. The van der Waals surface area contributed by atoms with E-state index in [-0.39, 0.29) is 24.4 Å². The van der Waals surface area contributed by atoms with Crippen molar-refractivity contribution in [3.63, 3.8) is 0 Å². The molecule has 0 bridgehead atoms. The van der Waals surface area contributed by atoms with E-state index in [1.807, 2.05) is 25.1 Å². The molecule has 0 radical (unpaired) electrons. The molecule has 1 aromatic carbocycles. The second kappa shape index (κ2) is 8.79. The summed E-state index contributed by atoms with van der Waals surface area (Å²) in [5.41, 5.74) is 5.99. The summed E-state index contributed by atoms with van der Waals surface area (Å²) < 4.78 is 5.51. The Labute approximate surface area is 185 Å². The number of rotatable bonds is 5. The third kappa shape index (κ3) is 3.72. The number of imide groups is 1. The first-order chi connectivity index (χ1) is 14.6. The van der Waals surface area contributed by atoms with Crippen molar-refractivity contribution in [2.45, 2.75) is 70.4 Å². The molecule has 2 fully saturated rings. The Hall–Kier alpha value is -2.12. The summed E-state index contributed by atoms with van der Waals surface area (Å²) in [5, 5.41) is 12.3. The number of methoxy groups -OCH3 is 1. The van der Waals surface area contributed by atoms with Crippen LogP contribution in [0.1, 0.15) is 57.6 Å². The van der Waals surface area contributed by atoms with E-state index >= 15 is 0 Å². The van der Waals surface area contributed by atoms with Crippen LogP contribution in [0.4, 0.5) is 4.79 Å². The van der Waals surface area contributed by atoms with Gasteiger partial charge in [-0.25, -0.2) is 4.79 Å². The third-order valence-electron chi connectivity index (χ3n) is 7.93. The number of hydrogen-bond acceptors (Lipinski definition) is 5. The Morgan fingerprint density at radius 3 is 2.61 bits per heavy atom. The van der Waals surface area contributed by atoms with Crippen molar-refractivity contribution in [2.75, 3.05) is 26.7 Å². The van der Waals surface area contributed by atoms with E-state index in [4.69, 9.17) is 10.5 Å². The molecule has 4 atom stereocenters. The van der Waals surface area contributed by atoms with Gasteiger partial charge in [0.15, 0.2) is 0 Å². The first kappa shape index (κ1) is 23.5. The molecule has 7 nitrogen and oxygen atoms in total. The van der Waals surface area contributed by atoms with Crippen molar-refractivity contribution in [1.29, 1.82) is 0 Å². The summed E-state index contributed by atoms with van der Waals surface area (Å²) in [6.07, 6.45) is 2.25. The van der Waals surface area contributed by atoms with Gasteiger partial charge in [-0.3, -0.25) is 14.6 Å². The molecule has 1 aliphatic carbocycles. The number of likely N-dealkylation sites (tertiary alicyclic amines) is 1. The van der Waals surface area contributed by atoms with Crippen molar-refractivity contribution < 1.29 is 19.4 Å². The van der Waals surface area contributed by atoms with Crippen LogP contribution in [0.25, 0.3) is 0 Å². The van der Waals surface area contributed by atoms with E-state index < -0.39 is 17.0 Å². The zero-order chi connectivity index (χ0) is 23.0. The van der Waals surface area contributed by atoms with Gasteiger partial charge in [-0.15, -0.1) is 0 Å². The van der Waals surface area contributed by atoms with E-state index in [0.29, 0.717) is 19.3 Å². The van der Waals surface area contributed by atoms with E-state index in [1.54, 1.807) is 14.0 Å². The van der Waals surface area contributed by atoms with Gasteiger partial charge < -0.3 is 15.6 Å². The number of carbonyl (C=O) groups excluding carboxylic acids is 2. The standard InChI is InChI=1S/C24H37N3O4/c1-6-26-13-12-23(20-14-19(31-5)9-8-16(20)3)15-18(10-11-24(23,30)17(26)4)21(28)27(7-2)22(25)29/h8-9,14,17-18,30H,6-7,10-13,15H2,1-5H3,(H2,25,29). The summed E-state index contributed by atoms with van der Waals surface area (Å²) in [4.78, 5) is 28.5. The zero-order valence-corrected chi connectivity index (χ0v) is 19.5. The van der Waals surface area contributed by atoms with E-state index in [9.17, 15) is 14.7 Å². The predicted molar refractivity (Wildman–Crippen MR) is 120 cm³/mol. The molecule has 3 N–H and O–H groups in total. The fourth-order valence-corrected chi connectivity index (χ4v) is 6.10. The fraction of sp³-hybridized carbons (Fsp3) is 0.667. The monoisotopic (exact) mass is 431 g/mol. The quantitative estimate of drug-likeness (QED) is 0.747. The number of nitrogens with zero attached hydrogens (tertiary/aromatic N) is 2. The molecule has 1 saturated carbocycles. The van der Waals surface area contributed by atoms with Crippen LogP contribution in [0.15, 0.2) is 18.2 Å². The lowest BCUT2D eigenvalue weighted by Gasteiger charge is -2.61. The molecule has 1 aromatic rings. The minimum Gasteiger partial charge on any atom is -0.497 e. The van der Waals surface area contributed by atoms with Crippen molar-refractivity contribution in [3.05, 3.63) is 29.3 Å². The highest BCUT2D eigenvalue weighted by atomic mass is 16.5. The van der Waals surface area contributed by atoms with E-state index in [1.165, 1.54) is 0 Å². The largest absolute Gasteiger partial charge is 0.497 e. The maximum absolute atomic E-state index is 13.2. The van der Waals surface area contributed by atoms with Gasteiger partial charge in [-0.1, -0.05) is 13.0 Å². The maximum Gasteiger partial charge on any atom is 0.321 e. The van der Waals surface area contributed by atoms with Gasteiger partial charge in [0, 0.05) is 23.9 Å². The number of aryl methyl sites for hydroxylation is 1. The summed E-state index contributed by atoms with van der Waals surface area (Å²) in [7, 11) is 1.64. The van der Waals surface area contributed by atoms with Crippen molar-refractivity contribution in [2.24, 2.45) is 11.7 Å². The van der Waals surface area contributed by atoms with Gasteiger partial charge in [0.05, 0.1) is 12.7 Å². The molecular weight excluding hydrogens is 394 g/mol. The SMILES string of the molecule is CCN(C(N)=O)C(=O)C1CCC2(O)C(C)N(CC)CCC2(c2cc(OC)ccc2C)C1. The summed E-state index contributed by atoms with van der Waals surface area (Å²) in [5.74, 6) is 0.143. The summed E-state index contributed by atoms with van der Waals surface area (Å²) >= 11 is 0. The zero-order valence-electron chi connectivity index (χ0n) is 19.5. The lowest BCUT2D eigenvalue weighted by atomic mass is 9.51. The molecule has 0 spiro atoms. The number of ether oxygens (including phenoxy) is 1. The third-order valence-corrected chi connectivity index (χ3v) is 7.93. The number of primary amides is 1.